The lowest BCUT2D eigenvalue weighted by atomic mass is 9.82. The van der Waals surface area contributed by atoms with E-state index in [2.05, 4.69) is 5.32 Å². The molecular weight excluding hydrogens is 432 g/mol. The predicted molar refractivity (Wildman–Crippen MR) is 132 cm³/mol. The zero-order chi connectivity index (χ0) is 24.6. The SMILES string of the molecule is CC1=C(C(=O)OCc2ccccc2)[C@@H](c2ccc(N(C)C)cc2)c2c(n(C)c(=O)n(C)c2=O)N1. The lowest BCUT2D eigenvalue weighted by Gasteiger charge is -2.31. The van der Waals surface area contributed by atoms with Crippen LogP contribution in [0.1, 0.15) is 29.5 Å². The molecule has 0 amide bonds. The van der Waals surface area contributed by atoms with Gasteiger partial charge >= 0.3 is 11.7 Å². The molecule has 34 heavy (non-hydrogen) atoms. The van der Waals surface area contributed by atoms with Gasteiger partial charge < -0.3 is 15.0 Å². The first kappa shape index (κ1) is 23.1. The standard InChI is InChI=1S/C26H28N4O4/c1-16-20(25(32)34-15-17-9-7-6-8-10-17)21(18-11-13-19(14-12-18)28(2)3)22-23(27-16)29(4)26(33)30(5)24(22)31/h6-14,21,27H,15H2,1-5H3/t21-/m1/s1. The van der Waals surface area contributed by atoms with Crippen LogP contribution in [0.5, 0.6) is 0 Å². The first-order valence-electron chi connectivity index (χ1n) is 11.0. The van der Waals surface area contributed by atoms with E-state index in [4.69, 9.17) is 4.74 Å². The summed E-state index contributed by atoms with van der Waals surface area (Å²) in [5.41, 5.74) is 2.93. The van der Waals surface area contributed by atoms with Gasteiger partial charge in [0.2, 0.25) is 0 Å². The number of aromatic nitrogens is 2. The number of ether oxygens (including phenoxy) is 1. The Morgan fingerprint density at radius 1 is 1.00 bits per heavy atom. The van der Waals surface area contributed by atoms with Gasteiger partial charge in [0.1, 0.15) is 12.4 Å². The number of carbonyl (C=O) groups is 1. The Labute approximate surface area is 197 Å². The molecule has 1 atom stereocenters. The third-order valence-electron chi connectivity index (χ3n) is 6.16. The molecular formula is C26H28N4O4. The van der Waals surface area contributed by atoms with Gasteiger partial charge in [0.05, 0.1) is 17.1 Å². The third kappa shape index (κ3) is 4.03. The number of anilines is 2. The van der Waals surface area contributed by atoms with Crippen LogP contribution in [-0.2, 0) is 30.2 Å². The van der Waals surface area contributed by atoms with Crippen molar-refractivity contribution in [1.82, 2.24) is 9.13 Å². The summed E-state index contributed by atoms with van der Waals surface area (Å²) in [5.74, 6) is -0.828. The second-order valence-corrected chi connectivity index (χ2v) is 8.61. The molecule has 2 heterocycles. The van der Waals surface area contributed by atoms with Crippen molar-refractivity contribution in [2.45, 2.75) is 19.4 Å². The molecule has 0 saturated heterocycles. The second-order valence-electron chi connectivity index (χ2n) is 8.61. The van der Waals surface area contributed by atoms with Gasteiger partial charge in [-0.1, -0.05) is 42.5 Å². The molecule has 4 rings (SSSR count). The highest BCUT2D eigenvalue weighted by Gasteiger charge is 2.37. The number of fused-ring (bicyclic) bond motifs is 1. The highest BCUT2D eigenvalue weighted by molar-refractivity contribution is 5.94. The molecule has 1 aliphatic heterocycles. The first-order chi connectivity index (χ1) is 16.2. The number of esters is 1. The zero-order valence-corrected chi connectivity index (χ0v) is 20.0. The summed E-state index contributed by atoms with van der Waals surface area (Å²) in [4.78, 5) is 41.3. The van der Waals surface area contributed by atoms with E-state index in [1.165, 1.54) is 11.6 Å². The van der Waals surface area contributed by atoms with Gasteiger partial charge in [-0.25, -0.2) is 9.59 Å². The molecule has 0 radical (unpaired) electrons. The maximum Gasteiger partial charge on any atom is 0.337 e. The minimum absolute atomic E-state index is 0.112. The van der Waals surface area contributed by atoms with Crippen LogP contribution in [0.25, 0.3) is 0 Å². The average molecular weight is 461 g/mol. The predicted octanol–water partition coefficient (Wildman–Crippen LogP) is 2.72. The van der Waals surface area contributed by atoms with Crippen molar-refractivity contribution in [3.05, 3.63) is 103 Å². The van der Waals surface area contributed by atoms with E-state index < -0.39 is 23.1 Å². The van der Waals surface area contributed by atoms with Crippen LogP contribution in [0.2, 0.25) is 0 Å². The smallest absolute Gasteiger partial charge is 0.337 e. The van der Waals surface area contributed by atoms with Crippen molar-refractivity contribution in [2.75, 3.05) is 24.3 Å². The van der Waals surface area contributed by atoms with E-state index in [0.717, 1.165) is 21.4 Å². The van der Waals surface area contributed by atoms with E-state index in [9.17, 15) is 14.4 Å². The van der Waals surface area contributed by atoms with Gasteiger partial charge in [-0.05, 0) is 30.2 Å². The molecule has 0 bridgehead atoms. The van der Waals surface area contributed by atoms with Crippen LogP contribution in [0.15, 0.2) is 75.5 Å². The molecule has 1 aliphatic rings. The molecule has 0 unspecified atom stereocenters. The Morgan fingerprint density at radius 3 is 2.26 bits per heavy atom. The Kier molecular flexibility index (Phi) is 6.15. The fourth-order valence-electron chi connectivity index (χ4n) is 4.26. The summed E-state index contributed by atoms with van der Waals surface area (Å²) in [6.07, 6.45) is 0. The summed E-state index contributed by atoms with van der Waals surface area (Å²) >= 11 is 0. The number of nitrogens with one attached hydrogen (secondary N) is 1. The van der Waals surface area contributed by atoms with Gasteiger partial charge in [0.25, 0.3) is 5.56 Å². The average Bonchev–Trinajstić information content (AvgIpc) is 2.84. The molecule has 0 fully saturated rings. The van der Waals surface area contributed by atoms with Crippen LogP contribution in [0.4, 0.5) is 11.5 Å². The fraction of sp³-hybridized carbons (Fsp3) is 0.269. The number of hydrogen-bond acceptors (Lipinski definition) is 6. The van der Waals surface area contributed by atoms with Gasteiger partial charge in [-0.15, -0.1) is 0 Å². The number of hydrogen-bond donors (Lipinski definition) is 1. The Morgan fingerprint density at radius 2 is 1.65 bits per heavy atom. The number of allylic oxidation sites excluding steroid dienone is 1. The second kappa shape index (κ2) is 9.05. The number of benzene rings is 2. The Bertz CT molecular complexity index is 1380. The molecule has 0 saturated carbocycles. The van der Waals surface area contributed by atoms with E-state index >= 15 is 0 Å². The van der Waals surface area contributed by atoms with Gasteiger partial charge in [0.15, 0.2) is 0 Å². The van der Waals surface area contributed by atoms with Crippen molar-refractivity contribution >= 4 is 17.5 Å². The molecule has 0 spiro atoms. The maximum atomic E-state index is 13.4. The summed E-state index contributed by atoms with van der Waals surface area (Å²) in [6.45, 7) is 1.87. The molecule has 2 aromatic carbocycles. The van der Waals surface area contributed by atoms with E-state index in [-0.39, 0.29) is 6.61 Å². The summed E-state index contributed by atoms with van der Waals surface area (Å²) in [7, 11) is 6.93. The molecule has 0 aliphatic carbocycles. The molecule has 8 heteroatoms. The van der Waals surface area contributed by atoms with Crippen molar-refractivity contribution in [3.8, 4) is 0 Å². The lowest BCUT2D eigenvalue weighted by Crippen LogP contribution is -2.43. The summed E-state index contributed by atoms with van der Waals surface area (Å²) in [5, 5.41) is 3.12. The van der Waals surface area contributed by atoms with Gasteiger partial charge in [0, 0.05) is 39.6 Å². The molecule has 176 valence electrons. The number of rotatable bonds is 5. The normalized spacial score (nSPS) is 14.9. The third-order valence-corrected chi connectivity index (χ3v) is 6.16. The summed E-state index contributed by atoms with van der Waals surface area (Å²) < 4.78 is 8.13. The number of nitrogens with zero attached hydrogens (tertiary/aromatic N) is 3. The highest BCUT2D eigenvalue weighted by atomic mass is 16.5. The van der Waals surface area contributed by atoms with Crippen LogP contribution < -0.4 is 21.5 Å². The highest BCUT2D eigenvalue weighted by Crippen LogP contribution is 2.40. The molecule has 3 aromatic rings. The van der Waals surface area contributed by atoms with Crippen LogP contribution in [-0.4, -0.2) is 29.2 Å². The molecule has 8 nitrogen and oxygen atoms in total. The largest absolute Gasteiger partial charge is 0.457 e. The van der Waals surface area contributed by atoms with Crippen molar-refractivity contribution in [3.63, 3.8) is 0 Å². The van der Waals surface area contributed by atoms with Crippen LogP contribution in [0, 0.1) is 0 Å². The quantitative estimate of drug-likeness (QED) is 0.590. The van der Waals surface area contributed by atoms with Gasteiger partial charge in [-0.2, -0.15) is 0 Å². The minimum atomic E-state index is -0.693. The van der Waals surface area contributed by atoms with E-state index in [1.54, 1.807) is 14.0 Å². The van der Waals surface area contributed by atoms with Gasteiger partial charge in [-0.3, -0.25) is 13.9 Å². The van der Waals surface area contributed by atoms with E-state index in [1.807, 2.05) is 73.6 Å². The van der Waals surface area contributed by atoms with Crippen molar-refractivity contribution < 1.29 is 9.53 Å². The monoisotopic (exact) mass is 460 g/mol. The van der Waals surface area contributed by atoms with E-state index in [0.29, 0.717) is 22.7 Å². The van der Waals surface area contributed by atoms with Crippen LogP contribution in [0.3, 0.4) is 0 Å². The Balaban J connectivity index is 1.85. The molecule has 1 N–H and O–H groups in total. The first-order valence-corrected chi connectivity index (χ1v) is 11.0. The minimum Gasteiger partial charge on any atom is -0.457 e. The Hall–Kier alpha value is -4.07. The fourth-order valence-corrected chi connectivity index (χ4v) is 4.26. The van der Waals surface area contributed by atoms with Crippen LogP contribution >= 0.6 is 0 Å². The zero-order valence-electron chi connectivity index (χ0n) is 20.0. The van der Waals surface area contributed by atoms with Crippen molar-refractivity contribution in [2.24, 2.45) is 14.1 Å². The maximum absolute atomic E-state index is 13.4. The molecule has 1 aromatic heterocycles. The number of carbonyl (C=O) groups excluding carboxylic acids is 1. The summed E-state index contributed by atoms with van der Waals surface area (Å²) in [6, 6.07) is 17.1. The van der Waals surface area contributed by atoms with Crippen molar-refractivity contribution in [1.29, 1.82) is 0 Å². The topological polar surface area (TPSA) is 85.6 Å². The lowest BCUT2D eigenvalue weighted by molar-refractivity contribution is -0.140.